The lowest BCUT2D eigenvalue weighted by molar-refractivity contribution is 1.19. The van der Waals surface area contributed by atoms with Crippen LogP contribution in [-0.2, 0) is 0 Å². The molecule has 0 N–H and O–H groups in total. The van der Waals surface area contributed by atoms with Gasteiger partial charge in [-0.2, -0.15) is 0 Å². The van der Waals surface area contributed by atoms with Crippen molar-refractivity contribution in [3.63, 3.8) is 0 Å². The van der Waals surface area contributed by atoms with E-state index in [-0.39, 0.29) is 0 Å². The molecule has 0 amide bonds. The fourth-order valence-electron chi connectivity index (χ4n) is 7.10. The van der Waals surface area contributed by atoms with Crippen molar-refractivity contribution in [1.29, 1.82) is 0 Å². The van der Waals surface area contributed by atoms with E-state index >= 15 is 0 Å². The third-order valence-electron chi connectivity index (χ3n) is 9.49. The van der Waals surface area contributed by atoms with E-state index in [1.165, 1.54) is 40.3 Å². The fraction of sp³-hybridized carbons (Fsp3) is 0. The van der Waals surface area contributed by atoms with Crippen molar-refractivity contribution in [3.05, 3.63) is 170 Å². The maximum Gasteiger partial charge on any atom is 0.160 e. The standard InChI is InChI=1S/C46H28N2S2/c1-3-13-29(14-4-1)31-25-32(30-15-5-2-6-16-30)27-33(26-31)46-47-40(38-21-11-19-36-34-17-7-9-23-42(34)49-44(36)38)28-41(48-46)39-22-12-20-37-35-18-8-10-24-43(35)50-45(37)39/h1-28H. The van der Waals surface area contributed by atoms with Gasteiger partial charge in [-0.3, -0.25) is 0 Å². The van der Waals surface area contributed by atoms with Gasteiger partial charge in [0, 0.05) is 57.0 Å². The molecule has 0 atom stereocenters. The molecule has 0 bridgehead atoms. The van der Waals surface area contributed by atoms with Gasteiger partial charge < -0.3 is 0 Å². The molecular formula is C46H28N2S2. The largest absolute Gasteiger partial charge is 0.228 e. The number of benzene rings is 7. The first-order valence-corrected chi connectivity index (χ1v) is 18.4. The topological polar surface area (TPSA) is 25.8 Å². The minimum Gasteiger partial charge on any atom is -0.228 e. The van der Waals surface area contributed by atoms with E-state index in [2.05, 4.69) is 170 Å². The molecule has 0 radical (unpaired) electrons. The molecule has 0 saturated heterocycles. The number of aromatic nitrogens is 2. The summed E-state index contributed by atoms with van der Waals surface area (Å²) in [5.41, 5.74) is 9.67. The zero-order chi connectivity index (χ0) is 33.0. The van der Waals surface area contributed by atoms with Crippen molar-refractivity contribution in [2.75, 3.05) is 0 Å². The Kier molecular flexibility index (Phi) is 6.90. The Morgan fingerprint density at radius 2 is 0.740 bits per heavy atom. The number of nitrogens with zero attached hydrogens (tertiary/aromatic N) is 2. The zero-order valence-electron chi connectivity index (χ0n) is 26.9. The van der Waals surface area contributed by atoms with Crippen molar-refractivity contribution in [2.45, 2.75) is 0 Å². The Labute approximate surface area is 297 Å². The third-order valence-corrected chi connectivity index (χ3v) is 11.9. The van der Waals surface area contributed by atoms with E-state index in [4.69, 9.17) is 9.97 Å². The molecule has 10 rings (SSSR count). The van der Waals surface area contributed by atoms with Crippen LogP contribution in [0.1, 0.15) is 0 Å². The normalized spacial score (nSPS) is 11.6. The van der Waals surface area contributed by atoms with Gasteiger partial charge in [0.05, 0.1) is 11.4 Å². The molecule has 0 unspecified atom stereocenters. The summed E-state index contributed by atoms with van der Waals surface area (Å²) in [5.74, 6) is 0.712. The molecule has 3 aromatic heterocycles. The summed E-state index contributed by atoms with van der Waals surface area (Å²) in [7, 11) is 0. The van der Waals surface area contributed by atoms with Crippen molar-refractivity contribution in [3.8, 4) is 56.2 Å². The van der Waals surface area contributed by atoms with Crippen LogP contribution < -0.4 is 0 Å². The van der Waals surface area contributed by atoms with Crippen LogP contribution in [0.4, 0.5) is 0 Å². The van der Waals surface area contributed by atoms with Gasteiger partial charge in [-0.25, -0.2) is 9.97 Å². The van der Waals surface area contributed by atoms with Crippen LogP contribution in [0.5, 0.6) is 0 Å². The molecule has 2 nitrogen and oxygen atoms in total. The average Bonchev–Trinajstić information content (AvgIpc) is 3.77. The van der Waals surface area contributed by atoms with E-state index in [0.29, 0.717) is 5.82 Å². The van der Waals surface area contributed by atoms with Crippen molar-refractivity contribution in [2.24, 2.45) is 0 Å². The highest BCUT2D eigenvalue weighted by Crippen LogP contribution is 2.43. The van der Waals surface area contributed by atoms with Crippen LogP contribution in [0.15, 0.2) is 170 Å². The van der Waals surface area contributed by atoms with Gasteiger partial charge in [-0.05, 0) is 58.7 Å². The molecule has 0 spiro atoms. The van der Waals surface area contributed by atoms with E-state index in [1.54, 1.807) is 0 Å². The van der Waals surface area contributed by atoms with E-state index in [9.17, 15) is 0 Å². The number of fused-ring (bicyclic) bond motifs is 6. The van der Waals surface area contributed by atoms with Crippen molar-refractivity contribution in [1.82, 2.24) is 9.97 Å². The SMILES string of the molecule is c1ccc(-c2cc(-c3ccccc3)cc(-c3nc(-c4cccc5c4sc4ccccc45)cc(-c4cccc5c4sc4ccccc45)n3)c2)cc1. The summed E-state index contributed by atoms with van der Waals surface area (Å²) >= 11 is 3.67. The molecule has 234 valence electrons. The van der Waals surface area contributed by atoms with Gasteiger partial charge >= 0.3 is 0 Å². The summed E-state index contributed by atoms with van der Waals surface area (Å²) in [4.78, 5) is 10.8. The van der Waals surface area contributed by atoms with Gasteiger partial charge in [-0.15, -0.1) is 22.7 Å². The third kappa shape index (κ3) is 4.92. The first-order valence-electron chi connectivity index (χ1n) is 16.7. The van der Waals surface area contributed by atoms with E-state index in [0.717, 1.165) is 50.3 Å². The lowest BCUT2D eigenvalue weighted by Crippen LogP contribution is -1.97. The van der Waals surface area contributed by atoms with Crippen LogP contribution >= 0.6 is 22.7 Å². The maximum absolute atomic E-state index is 5.41. The summed E-state index contributed by atoms with van der Waals surface area (Å²) in [6, 6.07) is 60.7. The monoisotopic (exact) mass is 672 g/mol. The van der Waals surface area contributed by atoms with Gasteiger partial charge in [0.2, 0.25) is 0 Å². The Balaban J connectivity index is 1.26. The van der Waals surface area contributed by atoms with Crippen LogP contribution in [0.25, 0.3) is 96.5 Å². The lowest BCUT2D eigenvalue weighted by atomic mass is 9.95. The molecule has 0 aliphatic rings. The molecule has 0 fully saturated rings. The van der Waals surface area contributed by atoms with Crippen LogP contribution in [-0.4, -0.2) is 9.97 Å². The Bertz CT molecular complexity index is 2680. The predicted molar refractivity (Wildman–Crippen MR) is 215 cm³/mol. The first-order chi connectivity index (χ1) is 24.8. The molecular weight excluding hydrogens is 645 g/mol. The second-order valence-corrected chi connectivity index (χ2v) is 14.7. The average molecular weight is 673 g/mol. The van der Waals surface area contributed by atoms with Gasteiger partial charge in [-0.1, -0.05) is 133 Å². The number of rotatable bonds is 5. The van der Waals surface area contributed by atoms with Crippen LogP contribution in [0, 0.1) is 0 Å². The van der Waals surface area contributed by atoms with Crippen LogP contribution in [0.2, 0.25) is 0 Å². The Morgan fingerprint density at radius 3 is 1.24 bits per heavy atom. The molecule has 10 aromatic rings. The Hall–Kier alpha value is -5.94. The highest BCUT2D eigenvalue weighted by molar-refractivity contribution is 7.26. The van der Waals surface area contributed by atoms with E-state index in [1.807, 2.05) is 22.7 Å². The smallest absolute Gasteiger partial charge is 0.160 e. The minimum atomic E-state index is 0.712. The summed E-state index contributed by atoms with van der Waals surface area (Å²) in [6.45, 7) is 0. The molecule has 0 saturated carbocycles. The van der Waals surface area contributed by atoms with Crippen LogP contribution in [0.3, 0.4) is 0 Å². The quantitative estimate of drug-likeness (QED) is 0.182. The molecule has 0 aliphatic heterocycles. The van der Waals surface area contributed by atoms with Gasteiger partial charge in [0.15, 0.2) is 5.82 Å². The highest BCUT2D eigenvalue weighted by atomic mass is 32.1. The first kappa shape index (κ1) is 29.0. The molecule has 50 heavy (non-hydrogen) atoms. The maximum atomic E-state index is 5.41. The number of thiophene rings is 2. The van der Waals surface area contributed by atoms with Gasteiger partial charge in [0.25, 0.3) is 0 Å². The summed E-state index contributed by atoms with van der Waals surface area (Å²) in [5, 5.41) is 5.08. The summed E-state index contributed by atoms with van der Waals surface area (Å²) < 4.78 is 5.05. The fourth-order valence-corrected chi connectivity index (χ4v) is 9.55. The predicted octanol–water partition coefficient (Wildman–Crippen LogP) is 13.5. The van der Waals surface area contributed by atoms with Gasteiger partial charge in [0.1, 0.15) is 0 Å². The number of hydrogen-bond acceptors (Lipinski definition) is 4. The molecule has 7 aromatic carbocycles. The second kappa shape index (κ2) is 11.9. The molecule has 4 heteroatoms. The van der Waals surface area contributed by atoms with Crippen molar-refractivity contribution < 1.29 is 0 Å². The number of hydrogen-bond donors (Lipinski definition) is 0. The second-order valence-electron chi connectivity index (χ2n) is 12.6. The summed E-state index contributed by atoms with van der Waals surface area (Å²) in [6.07, 6.45) is 0. The van der Waals surface area contributed by atoms with E-state index < -0.39 is 0 Å². The lowest BCUT2D eigenvalue weighted by Gasteiger charge is -2.13. The Morgan fingerprint density at radius 1 is 0.320 bits per heavy atom. The minimum absolute atomic E-state index is 0.712. The molecule has 3 heterocycles. The molecule has 0 aliphatic carbocycles. The van der Waals surface area contributed by atoms with Crippen molar-refractivity contribution >= 4 is 63.0 Å². The highest BCUT2D eigenvalue weighted by Gasteiger charge is 2.18. The zero-order valence-corrected chi connectivity index (χ0v) is 28.5.